The Kier molecular flexibility index (Phi) is 28.4. The van der Waals surface area contributed by atoms with Crippen molar-refractivity contribution in [2.75, 3.05) is 13.1 Å². The molecule has 0 aromatic heterocycles. The maximum Gasteiger partial charge on any atom is 0.0939 e. The molecule has 0 unspecified atom stereocenters. The highest BCUT2D eigenvalue weighted by atomic mass is 15.4. The minimum Gasteiger partial charge on any atom is -0.315 e. The number of nitrogens with zero attached hydrogens (tertiary/aromatic N) is 1. The topological polar surface area (TPSA) is 0 Å². The van der Waals surface area contributed by atoms with Crippen LogP contribution in [0.5, 0.6) is 0 Å². The molecule has 0 amide bonds. The zero-order valence-corrected chi connectivity index (χ0v) is 34.3. The molecule has 1 heterocycles. The summed E-state index contributed by atoms with van der Waals surface area (Å²) in [5, 5.41) is 0. The molecule has 1 aliphatic rings. The largest absolute Gasteiger partial charge is 0.315 e. The summed E-state index contributed by atoms with van der Waals surface area (Å²) >= 11 is 0. The Balaban J connectivity index is 2.53. The van der Waals surface area contributed by atoms with E-state index < -0.39 is 0 Å². The molecule has 0 aromatic rings. The average molecular weight is 661 g/mol. The van der Waals surface area contributed by atoms with Crippen LogP contribution in [0.15, 0.2) is 0 Å². The Bertz CT molecular complexity index is 591. The van der Waals surface area contributed by atoms with Crippen molar-refractivity contribution in [3.63, 3.8) is 0 Å². The van der Waals surface area contributed by atoms with E-state index in [9.17, 15) is 0 Å². The van der Waals surface area contributed by atoms with Gasteiger partial charge in [0.2, 0.25) is 0 Å². The second-order valence-electron chi connectivity index (χ2n) is 17.9. The molecule has 47 heavy (non-hydrogen) atoms. The lowest BCUT2D eigenvalue weighted by Crippen LogP contribution is -2.71. The Morgan fingerprint density at radius 3 is 0.766 bits per heavy atom. The van der Waals surface area contributed by atoms with E-state index in [0.29, 0.717) is 11.1 Å². The molecule has 1 rings (SSSR count). The molecule has 1 heteroatoms. The molecule has 1 fully saturated rings. The highest BCUT2D eigenvalue weighted by Gasteiger charge is 2.52. The van der Waals surface area contributed by atoms with Gasteiger partial charge in [-0.25, -0.2) is 0 Å². The van der Waals surface area contributed by atoms with E-state index in [1.54, 1.807) is 0 Å². The van der Waals surface area contributed by atoms with Gasteiger partial charge < -0.3 is 4.48 Å². The summed E-state index contributed by atoms with van der Waals surface area (Å²) in [6.07, 6.45) is 52.5. The Labute approximate surface area is 300 Å². The summed E-state index contributed by atoms with van der Waals surface area (Å²) in [7, 11) is 0. The van der Waals surface area contributed by atoms with Gasteiger partial charge in [-0.1, -0.05) is 194 Å². The molecule has 1 nitrogen and oxygen atoms in total. The Hall–Kier alpha value is -0.0400. The van der Waals surface area contributed by atoms with E-state index in [-0.39, 0.29) is 0 Å². The quantitative estimate of drug-likeness (QED) is 0.0531. The number of hydrogen-bond donors (Lipinski definition) is 0. The second-order valence-corrected chi connectivity index (χ2v) is 17.9. The lowest BCUT2D eigenvalue weighted by Gasteiger charge is -2.60. The summed E-state index contributed by atoms with van der Waals surface area (Å²) in [4.78, 5) is 0. The average Bonchev–Trinajstić information content (AvgIpc) is 3.11. The van der Waals surface area contributed by atoms with Crippen molar-refractivity contribution in [2.24, 2.45) is 0 Å². The molecular formula is C46H94N+. The van der Waals surface area contributed by atoms with Gasteiger partial charge in [0.25, 0.3) is 0 Å². The molecule has 0 spiro atoms. The van der Waals surface area contributed by atoms with Gasteiger partial charge in [0, 0.05) is 12.8 Å². The molecule has 0 aromatic carbocycles. The minimum atomic E-state index is 0.381. The predicted molar refractivity (Wildman–Crippen MR) is 216 cm³/mol. The third-order valence-electron chi connectivity index (χ3n) is 12.9. The van der Waals surface area contributed by atoms with Crippen molar-refractivity contribution >= 4 is 0 Å². The van der Waals surface area contributed by atoms with Gasteiger partial charge in [0.1, 0.15) is 0 Å². The van der Waals surface area contributed by atoms with Crippen LogP contribution in [0.1, 0.15) is 273 Å². The smallest absolute Gasteiger partial charge is 0.0939 e. The Morgan fingerprint density at radius 1 is 0.298 bits per heavy atom. The summed E-state index contributed by atoms with van der Waals surface area (Å²) in [5.74, 6) is 0. The van der Waals surface area contributed by atoms with Crippen LogP contribution in [0.2, 0.25) is 0 Å². The Morgan fingerprint density at radius 2 is 0.511 bits per heavy atom. The number of unbranched alkanes of at least 4 members (excludes halogenated alkanes) is 24. The van der Waals surface area contributed by atoms with Crippen LogP contribution >= 0.6 is 0 Å². The first-order chi connectivity index (χ1) is 22.8. The molecule has 0 N–H and O–H groups in total. The summed E-state index contributed by atoms with van der Waals surface area (Å²) < 4.78 is 1.40. The van der Waals surface area contributed by atoms with E-state index in [4.69, 9.17) is 0 Å². The minimum absolute atomic E-state index is 0.381. The van der Waals surface area contributed by atoms with E-state index in [1.807, 2.05) is 0 Å². The zero-order chi connectivity index (χ0) is 34.4. The summed E-state index contributed by atoms with van der Waals surface area (Å²) in [6.45, 7) is 18.3. The molecule has 1 aliphatic heterocycles. The van der Waals surface area contributed by atoms with Crippen LogP contribution in [-0.4, -0.2) is 28.7 Å². The molecule has 1 saturated heterocycles. The van der Waals surface area contributed by atoms with Gasteiger partial charge in [-0.2, -0.15) is 0 Å². The maximum absolute atomic E-state index is 2.71. The standard InChI is InChI=1S/C46H94N/c1-7-9-11-13-15-17-19-21-23-25-29-33-37-41-45(3,4)47(43-39-35-31-27-28-32-36-40-44-47)46(5,6)42-38-34-30-26-24-22-20-18-16-14-12-10-8-2/h7-44H2,1-6H3/q+1. The van der Waals surface area contributed by atoms with E-state index in [2.05, 4.69) is 41.5 Å². The van der Waals surface area contributed by atoms with Crippen molar-refractivity contribution < 1.29 is 4.48 Å². The fourth-order valence-corrected chi connectivity index (χ4v) is 9.54. The lowest BCUT2D eigenvalue weighted by molar-refractivity contribution is -1.01. The van der Waals surface area contributed by atoms with Gasteiger partial charge in [-0.05, 0) is 66.2 Å². The van der Waals surface area contributed by atoms with Crippen LogP contribution in [0, 0.1) is 0 Å². The number of quaternary nitrogens is 1. The van der Waals surface area contributed by atoms with Crippen molar-refractivity contribution in [2.45, 2.75) is 284 Å². The van der Waals surface area contributed by atoms with Gasteiger partial charge in [-0.15, -0.1) is 0 Å². The van der Waals surface area contributed by atoms with E-state index in [1.165, 1.54) is 249 Å². The first-order valence-corrected chi connectivity index (χ1v) is 22.7. The number of hydrogen-bond acceptors (Lipinski definition) is 0. The van der Waals surface area contributed by atoms with Crippen LogP contribution in [0.4, 0.5) is 0 Å². The molecule has 0 bridgehead atoms. The first-order valence-electron chi connectivity index (χ1n) is 22.7. The summed E-state index contributed by atoms with van der Waals surface area (Å²) in [5.41, 5.74) is 0.762. The highest BCUT2D eigenvalue weighted by molar-refractivity contribution is 4.82. The summed E-state index contributed by atoms with van der Waals surface area (Å²) in [6, 6.07) is 0. The predicted octanol–water partition coefficient (Wildman–Crippen LogP) is 16.5. The van der Waals surface area contributed by atoms with E-state index >= 15 is 0 Å². The fourth-order valence-electron chi connectivity index (χ4n) is 9.54. The van der Waals surface area contributed by atoms with E-state index in [0.717, 1.165) is 0 Å². The van der Waals surface area contributed by atoms with Gasteiger partial charge in [0.05, 0.1) is 24.2 Å². The third kappa shape index (κ3) is 21.0. The lowest BCUT2D eigenvalue weighted by atomic mass is 9.80. The normalized spacial score (nSPS) is 16.7. The maximum atomic E-state index is 2.71. The molecule has 0 aliphatic carbocycles. The van der Waals surface area contributed by atoms with Crippen LogP contribution < -0.4 is 0 Å². The van der Waals surface area contributed by atoms with Gasteiger partial charge in [-0.3, -0.25) is 0 Å². The third-order valence-corrected chi connectivity index (χ3v) is 12.9. The zero-order valence-electron chi connectivity index (χ0n) is 34.3. The molecular weight excluding hydrogens is 567 g/mol. The monoisotopic (exact) mass is 661 g/mol. The van der Waals surface area contributed by atoms with Crippen molar-refractivity contribution in [1.82, 2.24) is 0 Å². The first kappa shape index (κ1) is 45.0. The van der Waals surface area contributed by atoms with Crippen molar-refractivity contribution in [3.05, 3.63) is 0 Å². The van der Waals surface area contributed by atoms with Gasteiger partial charge in [0.15, 0.2) is 0 Å². The fraction of sp³-hybridized carbons (Fsp3) is 1.00. The van der Waals surface area contributed by atoms with Crippen LogP contribution in [-0.2, 0) is 0 Å². The molecule has 0 atom stereocenters. The van der Waals surface area contributed by atoms with Crippen molar-refractivity contribution in [3.8, 4) is 0 Å². The second kappa shape index (κ2) is 29.7. The SMILES string of the molecule is CCCCCCCCCCCCCCCC(C)(C)[N+]1(C(C)(C)CCCCCCCCCCCCCCC)CCCCCCCCCC1. The van der Waals surface area contributed by atoms with Gasteiger partial charge >= 0.3 is 0 Å². The van der Waals surface area contributed by atoms with Crippen LogP contribution in [0.25, 0.3) is 0 Å². The molecule has 0 saturated carbocycles. The molecule has 282 valence electrons. The van der Waals surface area contributed by atoms with Crippen LogP contribution in [0.3, 0.4) is 0 Å². The highest BCUT2D eigenvalue weighted by Crippen LogP contribution is 2.43. The van der Waals surface area contributed by atoms with Crippen molar-refractivity contribution in [1.29, 1.82) is 0 Å². The number of rotatable bonds is 30. The molecule has 0 radical (unpaired) electrons.